The van der Waals surface area contributed by atoms with Gasteiger partial charge in [0.1, 0.15) is 17.1 Å². The minimum Gasteiger partial charge on any atom is -0.478 e. The number of halogens is 1. The third kappa shape index (κ3) is 2.98. The van der Waals surface area contributed by atoms with E-state index in [1.165, 1.54) is 18.2 Å². The van der Waals surface area contributed by atoms with Gasteiger partial charge in [0.2, 0.25) is 0 Å². The number of anilines is 1. The van der Waals surface area contributed by atoms with E-state index in [2.05, 4.69) is 0 Å². The molecule has 0 saturated carbocycles. The number of carboxylic acid groups (broad SMARTS) is 1. The summed E-state index contributed by atoms with van der Waals surface area (Å²) in [5.41, 5.74) is 7.06. The van der Waals surface area contributed by atoms with Crippen LogP contribution in [0.15, 0.2) is 36.4 Å². The van der Waals surface area contributed by atoms with Crippen LogP contribution in [0.1, 0.15) is 15.9 Å². The van der Waals surface area contributed by atoms with Gasteiger partial charge in [0.05, 0.1) is 5.02 Å². The molecule has 0 aromatic heterocycles. The average Bonchev–Trinajstić information content (AvgIpc) is 2.33. The lowest BCUT2D eigenvalue weighted by molar-refractivity contribution is 0.0694. The molecule has 19 heavy (non-hydrogen) atoms. The summed E-state index contributed by atoms with van der Waals surface area (Å²) in [6.07, 6.45) is 0. The summed E-state index contributed by atoms with van der Waals surface area (Å²) in [6.45, 7) is 1.89. The number of rotatable bonds is 3. The van der Waals surface area contributed by atoms with Gasteiger partial charge in [-0.3, -0.25) is 0 Å². The molecule has 98 valence electrons. The van der Waals surface area contributed by atoms with E-state index in [1.54, 1.807) is 12.1 Å². The van der Waals surface area contributed by atoms with E-state index in [4.69, 9.17) is 27.2 Å². The van der Waals surface area contributed by atoms with Crippen molar-refractivity contribution in [3.63, 3.8) is 0 Å². The Morgan fingerprint density at radius 2 is 1.95 bits per heavy atom. The van der Waals surface area contributed by atoms with Gasteiger partial charge in [0, 0.05) is 11.8 Å². The summed E-state index contributed by atoms with van der Waals surface area (Å²) >= 11 is 6.01. The normalized spacial score (nSPS) is 10.2. The largest absolute Gasteiger partial charge is 0.478 e. The summed E-state index contributed by atoms with van der Waals surface area (Å²) in [6, 6.07) is 9.63. The quantitative estimate of drug-likeness (QED) is 0.839. The molecule has 0 spiro atoms. The first-order valence-corrected chi connectivity index (χ1v) is 5.92. The van der Waals surface area contributed by atoms with E-state index in [0.717, 1.165) is 5.56 Å². The van der Waals surface area contributed by atoms with Crippen LogP contribution in [-0.4, -0.2) is 11.1 Å². The van der Waals surface area contributed by atoms with Crippen LogP contribution in [0.4, 0.5) is 5.69 Å². The third-order valence-corrected chi connectivity index (χ3v) is 2.85. The molecule has 4 nitrogen and oxygen atoms in total. The Labute approximate surface area is 115 Å². The number of benzene rings is 2. The van der Waals surface area contributed by atoms with E-state index < -0.39 is 5.97 Å². The van der Waals surface area contributed by atoms with Crippen molar-refractivity contribution in [2.45, 2.75) is 6.92 Å². The molecular weight excluding hydrogens is 266 g/mol. The first-order chi connectivity index (χ1) is 8.97. The average molecular weight is 278 g/mol. The number of nitrogen functional groups attached to an aromatic ring is 1. The van der Waals surface area contributed by atoms with Crippen LogP contribution in [0.2, 0.25) is 5.02 Å². The molecule has 0 fully saturated rings. The van der Waals surface area contributed by atoms with Gasteiger partial charge < -0.3 is 15.6 Å². The van der Waals surface area contributed by atoms with E-state index in [9.17, 15) is 4.79 Å². The summed E-state index contributed by atoms with van der Waals surface area (Å²) < 4.78 is 5.57. The van der Waals surface area contributed by atoms with E-state index >= 15 is 0 Å². The second kappa shape index (κ2) is 5.20. The molecule has 0 unspecified atom stereocenters. The zero-order valence-corrected chi connectivity index (χ0v) is 10.9. The minimum absolute atomic E-state index is 0.0340. The van der Waals surface area contributed by atoms with Gasteiger partial charge in [-0.05, 0) is 36.8 Å². The fourth-order valence-electron chi connectivity index (χ4n) is 1.61. The summed E-state index contributed by atoms with van der Waals surface area (Å²) in [4.78, 5) is 11.1. The number of hydrogen-bond donors (Lipinski definition) is 2. The standard InChI is InChI=1S/C14H12ClNO3/c1-8-2-5-11(15)13(6-8)19-12-7-9(16)3-4-10(12)14(17)18/h2-7H,16H2,1H3,(H,17,18). The Kier molecular flexibility index (Phi) is 3.62. The van der Waals surface area contributed by atoms with Gasteiger partial charge in [-0.2, -0.15) is 0 Å². The van der Waals surface area contributed by atoms with E-state index in [-0.39, 0.29) is 11.3 Å². The molecule has 2 rings (SSSR count). The highest BCUT2D eigenvalue weighted by atomic mass is 35.5. The van der Waals surface area contributed by atoms with Gasteiger partial charge in [0.15, 0.2) is 0 Å². The molecule has 0 radical (unpaired) electrons. The predicted octanol–water partition coefficient (Wildman–Crippen LogP) is 3.72. The molecule has 0 heterocycles. The van der Waals surface area contributed by atoms with Crippen molar-refractivity contribution >= 4 is 23.3 Å². The molecule has 3 N–H and O–H groups in total. The zero-order valence-electron chi connectivity index (χ0n) is 10.2. The van der Waals surface area contributed by atoms with Gasteiger partial charge in [0.25, 0.3) is 0 Å². The zero-order chi connectivity index (χ0) is 14.0. The molecule has 0 bridgehead atoms. The lowest BCUT2D eigenvalue weighted by atomic mass is 10.2. The van der Waals surface area contributed by atoms with Crippen molar-refractivity contribution in [3.05, 3.63) is 52.5 Å². The van der Waals surface area contributed by atoms with Crippen LogP contribution in [0, 0.1) is 6.92 Å². The van der Waals surface area contributed by atoms with Crippen molar-refractivity contribution in [1.82, 2.24) is 0 Å². The molecule has 2 aromatic rings. The Hall–Kier alpha value is -2.20. The Morgan fingerprint density at radius 3 is 2.63 bits per heavy atom. The summed E-state index contributed by atoms with van der Waals surface area (Å²) in [5.74, 6) is -0.520. The first kappa shape index (κ1) is 13.2. The monoisotopic (exact) mass is 277 g/mol. The molecule has 0 atom stereocenters. The van der Waals surface area contributed by atoms with Crippen molar-refractivity contribution in [2.75, 3.05) is 5.73 Å². The molecule has 2 aromatic carbocycles. The number of aromatic carboxylic acids is 1. The van der Waals surface area contributed by atoms with Crippen molar-refractivity contribution < 1.29 is 14.6 Å². The SMILES string of the molecule is Cc1ccc(Cl)c(Oc2cc(N)ccc2C(=O)O)c1. The van der Waals surface area contributed by atoms with Gasteiger partial charge >= 0.3 is 5.97 Å². The molecule has 0 aliphatic carbocycles. The van der Waals surface area contributed by atoms with Crippen LogP contribution < -0.4 is 10.5 Å². The van der Waals surface area contributed by atoms with E-state index in [0.29, 0.717) is 16.5 Å². The van der Waals surface area contributed by atoms with Crippen molar-refractivity contribution in [1.29, 1.82) is 0 Å². The smallest absolute Gasteiger partial charge is 0.339 e. The van der Waals surface area contributed by atoms with Gasteiger partial charge in [-0.1, -0.05) is 17.7 Å². The Morgan fingerprint density at radius 1 is 1.21 bits per heavy atom. The molecule has 0 aliphatic heterocycles. The number of hydrogen-bond acceptors (Lipinski definition) is 3. The van der Waals surface area contributed by atoms with E-state index in [1.807, 2.05) is 13.0 Å². The third-order valence-electron chi connectivity index (χ3n) is 2.54. The van der Waals surface area contributed by atoms with Crippen LogP contribution >= 0.6 is 11.6 Å². The Bertz CT molecular complexity index is 641. The second-order valence-corrected chi connectivity index (χ2v) is 4.50. The molecule has 5 heteroatoms. The lowest BCUT2D eigenvalue weighted by Gasteiger charge is -2.11. The maximum Gasteiger partial charge on any atom is 0.339 e. The van der Waals surface area contributed by atoms with Crippen LogP contribution in [-0.2, 0) is 0 Å². The minimum atomic E-state index is -1.08. The van der Waals surface area contributed by atoms with Gasteiger partial charge in [-0.25, -0.2) is 4.79 Å². The molecule has 0 amide bonds. The summed E-state index contributed by atoms with van der Waals surface area (Å²) in [7, 11) is 0. The molecular formula is C14H12ClNO3. The molecule has 0 saturated heterocycles. The number of aryl methyl sites for hydroxylation is 1. The first-order valence-electron chi connectivity index (χ1n) is 5.54. The maximum absolute atomic E-state index is 11.1. The maximum atomic E-state index is 11.1. The Balaban J connectivity index is 2.45. The highest BCUT2D eigenvalue weighted by Gasteiger charge is 2.13. The van der Waals surface area contributed by atoms with Crippen molar-refractivity contribution in [2.24, 2.45) is 0 Å². The number of carbonyl (C=O) groups is 1. The number of carboxylic acids is 1. The second-order valence-electron chi connectivity index (χ2n) is 4.10. The lowest BCUT2D eigenvalue weighted by Crippen LogP contribution is -2.01. The van der Waals surface area contributed by atoms with Crippen molar-refractivity contribution in [3.8, 4) is 11.5 Å². The van der Waals surface area contributed by atoms with Crippen LogP contribution in [0.25, 0.3) is 0 Å². The number of nitrogens with two attached hydrogens (primary N) is 1. The fourth-order valence-corrected chi connectivity index (χ4v) is 1.76. The fraction of sp³-hybridized carbons (Fsp3) is 0.0714. The van der Waals surface area contributed by atoms with Gasteiger partial charge in [-0.15, -0.1) is 0 Å². The summed E-state index contributed by atoms with van der Waals surface area (Å²) in [5, 5.41) is 9.51. The highest BCUT2D eigenvalue weighted by Crippen LogP contribution is 2.33. The highest BCUT2D eigenvalue weighted by molar-refractivity contribution is 6.32. The molecule has 0 aliphatic rings. The topological polar surface area (TPSA) is 72.5 Å². The van der Waals surface area contributed by atoms with Crippen LogP contribution in [0.3, 0.4) is 0 Å². The number of ether oxygens (including phenoxy) is 1. The van der Waals surface area contributed by atoms with Crippen LogP contribution in [0.5, 0.6) is 11.5 Å². The predicted molar refractivity (Wildman–Crippen MR) is 74.1 cm³/mol.